The van der Waals surface area contributed by atoms with Crippen molar-refractivity contribution >= 4 is 11.9 Å². The summed E-state index contributed by atoms with van der Waals surface area (Å²) >= 11 is 0. The first-order valence-corrected chi connectivity index (χ1v) is 8.27. The Morgan fingerprint density at radius 3 is 2.50 bits per heavy atom. The van der Waals surface area contributed by atoms with E-state index in [-0.39, 0.29) is 18.5 Å². The van der Waals surface area contributed by atoms with Crippen molar-refractivity contribution in [3.8, 4) is 11.4 Å². The van der Waals surface area contributed by atoms with Crippen molar-refractivity contribution in [2.75, 3.05) is 12.4 Å². The second kappa shape index (κ2) is 7.73. The summed E-state index contributed by atoms with van der Waals surface area (Å²) in [5.41, 5.74) is 1.27. The molecule has 1 N–H and O–H groups in total. The summed E-state index contributed by atoms with van der Waals surface area (Å²) in [4.78, 5) is 27.0. The van der Waals surface area contributed by atoms with Crippen molar-refractivity contribution < 1.29 is 9.32 Å². The van der Waals surface area contributed by atoms with Crippen LogP contribution in [0.25, 0.3) is 11.4 Å². The molecule has 0 radical (unpaired) electrons. The molecule has 0 bridgehead atoms. The van der Waals surface area contributed by atoms with Crippen molar-refractivity contribution in [3.63, 3.8) is 0 Å². The zero-order valence-corrected chi connectivity index (χ0v) is 14.9. The summed E-state index contributed by atoms with van der Waals surface area (Å²) < 4.78 is 5.33. The fourth-order valence-corrected chi connectivity index (χ4v) is 2.39. The predicted octanol–water partition coefficient (Wildman–Crippen LogP) is 2.62. The van der Waals surface area contributed by atoms with Gasteiger partial charge in [-0.25, -0.2) is 9.97 Å². The average molecular weight is 352 g/mol. The van der Waals surface area contributed by atoms with Gasteiger partial charge in [0.05, 0.1) is 5.56 Å². The first-order valence-electron chi connectivity index (χ1n) is 8.27. The quantitative estimate of drug-likeness (QED) is 0.728. The molecule has 0 saturated carbocycles. The Kier molecular flexibility index (Phi) is 5.21. The van der Waals surface area contributed by atoms with Gasteiger partial charge in [0.2, 0.25) is 17.7 Å². The first kappa shape index (κ1) is 17.5. The minimum absolute atomic E-state index is 0.0569. The highest BCUT2D eigenvalue weighted by Gasteiger charge is 2.22. The summed E-state index contributed by atoms with van der Waals surface area (Å²) in [7, 11) is 1.72. The monoisotopic (exact) mass is 352 g/mol. The van der Waals surface area contributed by atoms with Crippen molar-refractivity contribution in [1.82, 2.24) is 25.0 Å². The summed E-state index contributed by atoms with van der Waals surface area (Å²) in [6, 6.07) is 9.49. The Labute approximate surface area is 151 Å². The molecule has 134 valence electrons. The van der Waals surface area contributed by atoms with Gasteiger partial charge in [-0.2, -0.15) is 4.98 Å². The second-order valence-corrected chi connectivity index (χ2v) is 5.95. The summed E-state index contributed by atoms with van der Waals surface area (Å²) in [6.07, 6.45) is 3.00. The van der Waals surface area contributed by atoms with E-state index < -0.39 is 0 Å². The van der Waals surface area contributed by atoms with Gasteiger partial charge in [-0.3, -0.25) is 4.79 Å². The van der Waals surface area contributed by atoms with E-state index in [1.54, 1.807) is 11.9 Å². The normalized spacial score (nSPS) is 10.8. The van der Waals surface area contributed by atoms with E-state index in [1.807, 2.05) is 44.2 Å². The highest BCUT2D eigenvalue weighted by Crippen LogP contribution is 2.17. The highest BCUT2D eigenvalue weighted by atomic mass is 16.5. The van der Waals surface area contributed by atoms with E-state index in [9.17, 15) is 4.79 Å². The summed E-state index contributed by atoms with van der Waals surface area (Å²) in [5.74, 6) is 1.14. The van der Waals surface area contributed by atoms with Gasteiger partial charge >= 0.3 is 0 Å². The lowest BCUT2D eigenvalue weighted by molar-refractivity contribution is 0.0666. The number of carbonyl (C=O) groups is 1. The number of hydrogen-bond acceptors (Lipinski definition) is 7. The first-order chi connectivity index (χ1) is 12.6. The van der Waals surface area contributed by atoms with Crippen LogP contribution in [0.5, 0.6) is 0 Å². The predicted molar refractivity (Wildman–Crippen MR) is 96.3 cm³/mol. The highest BCUT2D eigenvalue weighted by molar-refractivity contribution is 5.93. The van der Waals surface area contributed by atoms with Crippen LogP contribution >= 0.6 is 0 Å². The van der Waals surface area contributed by atoms with E-state index in [4.69, 9.17) is 4.52 Å². The minimum Gasteiger partial charge on any atom is -0.357 e. The lowest BCUT2D eigenvalue weighted by Gasteiger charge is -2.24. The summed E-state index contributed by atoms with van der Waals surface area (Å²) in [6.45, 7) is 4.06. The molecule has 0 spiro atoms. The van der Waals surface area contributed by atoms with Crippen LogP contribution in [0.1, 0.15) is 30.1 Å². The van der Waals surface area contributed by atoms with E-state index >= 15 is 0 Å². The molecule has 8 heteroatoms. The second-order valence-electron chi connectivity index (χ2n) is 5.95. The Bertz CT molecular complexity index is 861. The molecule has 26 heavy (non-hydrogen) atoms. The lowest BCUT2D eigenvalue weighted by Crippen LogP contribution is -2.36. The third-order valence-corrected chi connectivity index (χ3v) is 3.81. The van der Waals surface area contributed by atoms with E-state index in [1.165, 1.54) is 12.4 Å². The molecule has 0 aliphatic heterocycles. The van der Waals surface area contributed by atoms with Crippen LogP contribution in [0.3, 0.4) is 0 Å². The Hall–Kier alpha value is -3.29. The van der Waals surface area contributed by atoms with Crippen LogP contribution < -0.4 is 5.32 Å². The van der Waals surface area contributed by atoms with Crippen LogP contribution in [0, 0.1) is 0 Å². The molecule has 0 atom stereocenters. The van der Waals surface area contributed by atoms with Gasteiger partial charge in [0.25, 0.3) is 5.91 Å². The van der Waals surface area contributed by atoms with Crippen LogP contribution in [-0.4, -0.2) is 44.0 Å². The van der Waals surface area contributed by atoms with Crippen LogP contribution in [0.15, 0.2) is 47.2 Å². The van der Waals surface area contributed by atoms with Crippen molar-refractivity contribution in [2.24, 2.45) is 0 Å². The topological polar surface area (TPSA) is 97.0 Å². The smallest absolute Gasteiger partial charge is 0.257 e. The van der Waals surface area contributed by atoms with Gasteiger partial charge in [0.15, 0.2) is 0 Å². The molecule has 3 rings (SSSR count). The molecule has 2 aromatic heterocycles. The third-order valence-electron chi connectivity index (χ3n) is 3.81. The number of nitrogens with zero attached hydrogens (tertiary/aromatic N) is 5. The van der Waals surface area contributed by atoms with Gasteiger partial charge in [-0.05, 0) is 13.8 Å². The maximum Gasteiger partial charge on any atom is 0.257 e. The zero-order chi connectivity index (χ0) is 18.5. The maximum atomic E-state index is 12.8. The standard InChI is InChI=1S/C18H20N6O2/c1-12(2)24(17(25)14-9-20-18(19-3)21-10-14)11-15-22-16(23-26-15)13-7-5-4-6-8-13/h4-10,12H,11H2,1-3H3,(H,19,20,21). The number of hydrogen-bond donors (Lipinski definition) is 1. The van der Waals surface area contributed by atoms with Crippen LogP contribution in [-0.2, 0) is 6.54 Å². The van der Waals surface area contributed by atoms with Gasteiger partial charge < -0.3 is 14.7 Å². The number of anilines is 1. The van der Waals surface area contributed by atoms with Crippen molar-refractivity contribution in [3.05, 3.63) is 54.2 Å². The third kappa shape index (κ3) is 3.85. The van der Waals surface area contributed by atoms with Crippen molar-refractivity contribution in [2.45, 2.75) is 26.4 Å². The van der Waals surface area contributed by atoms with Gasteiger partial charge in [0, 0.05) is 31.0 Å². The van der Waals surface area contributed by atoms with Gasteiger partial charge in [-0.15, -0.1) is 0 Å². The summed E-state index contributed by atoms with van der Waals surface area (Å²) in [5, 5.41) is 6.82. The molecular weight excluding hydrogens is 332 g/mol. The number of carbonyl (C=O) groups excluding carboxylic acids is 1. The van der Waals surface area contributed by atoms with Crippen LogP contribution in [0.2, 0.25) is 0 Å². The van der Waals surface area contributed by atoms with E-state index in [2.05, 4.69) is 25.4 Å². The number of benzene rings is 1. The fourth-order valence-electron chi connectivity index (χ4n) is 2.39. The maximum absolute atomic E-state index is 12.8. The zero-order valence-electron chi connectivity index (χ0n) is 14.9. The molecule has 1 aromatic carbocycles. The molecule has 0 aliphatic rings. The molecule has 0 fully saturated rings. The molecule has 1 amide bonds. The molecule has 0 unspecified atom stereocenters. The Morgan fingerprint density at radius 1 is 1.19 bits per heavy atom. The van der Waals surface area contributed by atoms with Gasteiger partial charge in [0.1, 0.15) is 6.54 Å². The molecule has 2 heterocycles. The van der Waals surface area contributed by atoms with Gasteiger partial charge in [-0.1, -0.05) is 35.5 Å². The van der Waals surface area contributed by atoms with E-state index in [0.29, 0.717) is 23.2 Å². The van der Waals surface area contributed by atoms with Crippen molar-refractivity contribution in [1.29, 1.82) is 0 Å². The number of rotatable bonds is 6. The van der Waals surface area contributed by atoms with Crippen LogP contribution in [0.4, 0.5) is 5.95 Å². The average Bonchev–Trinajstić information content (AvgIpc) is 3.15. The number of aromatic nitrogens is 4. The molecular formula is C18H20N6O2. The Balaban J connectivity index is 1.78. The Morgan fingerprint density at radius 2 is 1.88 bits per heavy atom. The van der Waals surface area contributed by atoms with E-state index in [0.717, 1.165) is 5.56 Å². The fraction of sp³-hybridized carbons (Fsp3) is 0.278. The number of nitrogens with one attached hydrogen (secondary N) is 1. The largest absolute Gasteiger partial charge is 0.357 e. The molecule has 8 nitrogen and oxygen atoms in total. The molecule has 3 aromatic rings. The lowest BCUT2D eigenvalue weighted by atomic mass is 10.2. The number of amides is 1. The molecule has 0 saturated heterocycles. The SMILES string of the molecule is CNc1ncc(C(=O)N(Cc2nc(-c3ccccc3)no2)C(C)C)cn1. The minimum atomic E-state index is -0.192. The molecule has 0 aliphatic carbocycles.